The third-order valence-electron chi connectivity index (χ3n) is 2.67. The van der Waals surface area contributed by atoms with Crippen molar-refractivity contribution >= 4 is 40.3 Å². The Morgan fingerprint density at radius 2 is 1.86 bits per heavy atom. The summed E-state index contributed by atoms with van der Waals surface area (Å²) in [6.07, 6.45) is 0.886. The predicted molar refractivity (Wildman–Crippen MR) is 86.8 cm³/mol. The molecule has 1 aromatic rings. The number of urea groups is 1. The van der Waals surface area contributed by atoms with Gasteiger partial charge in [0, 0.05) is 24.4 Å². The molecule has 0 aliphatic rings. The van der Waals surface area contributed by atoms with E-state index in [4.69, 9.17) is 11.5 Å². The minimum atomic E-state index is -0.741. The van der Waals surface area contributed by atoms with Crippen molar-refractivity contribution in [2.45, 2.75) is 18.9 Å². The molecule has 0 saturated carbocycles. The molecule has 22 heavy (non-hydrogen) atoms. The maximum Gasteiger partial charge on any atom is 0.312 e. The molecule has 0 aliphatic heterocycles. The quantitative estimate of drug-likeness (QED) is 0.316. The van der Waals surface area contributed by atoms with Crippen molar-refractivity contribution in [3.8, 4) is 0 Å². The van der Waals surface area contributed by atoms with E-state index in [0.717, 1.165) is 0 Å². The zero-order valence-corrected chi connectivity index (χ0v) is 13.4. The molecule has 0 aliphatic carbocycles. The van der Waals surface area contributed by atoms with E-state index < -0.39 is 22.9 Å². The fourth-order valence-electron chi connectivity index (χ4n) is 1.57. The second-order valence-corrected chi connectivity index (χ2v) is 4.33. The Labute approximate surface area is 137 Å². The van der Waals surface area contributed by atoms with Crippen LogP contribution in [0.25, 0.3) is 0 Å². The van der Waals surface area contributed by atoms with E-state index in [1.54, 1.807) is 0 Å². The molecule has 0 aromatic heterocycles. The second-order valence-electron chi connectivity index (χ2n) is 4.33. The summed E-state index contributed by atoms with van der Waals surface area (Å²) in [7, 11) is 0. The lowest BCUT2D eigenvalue weighted by molar-refractivity contribution is -0.384. The molecule has 122 valence electrons. The average Bonchev–Trinajstić information content (AvgIpc) is 2.43. The maximum atomic E-state index is 11.8. The van der Waals surface area contributed by atoms with E-state index in [1.807, 2.05) is 0 Å². The monoisotopic (exact) mass is 375 g/mol. The van der Waals surface area contributed by atoms with Crippen molar-refractivity contribution in [3.63, 3.8) is 0 Å². The zero-order valence-electron chi connectivity index (χ0n) is 11.7. The van der Waals surface area contributed by atoms with Gasteiger partial charge in [-0.1, -0.05) is 0 Å². The number of hydrogen-bond acceptors (Lipinski definition) is 5. The van der Waals surface area contributed by atoms with Gasteiger partial charge in [-0.15, -0.1) is 17.0 Å². The number of rotatable bonds is 7. The highest BCUT2D eigenvalue weighted by atomic mass is 79.9. The van der Waals surface area contributed by atoms with Crippen LogP contribution < -0.4 is 22.1 Å². The lowest BCUT2D eigenvalue weighted by atomic mass is 10.1. The summed E-state index contributed by atoms with van der Waals surface area (Å²) in [5.74, 6) is -0.400. The van der Waals surface area contributed by atoms with E-state index in [2.05, 4.69) is 10.6 Å². The van der Waals surface area contributed by atoms with Crippen LogP contribution in [0.5, 0.6) is 0 Å². The molecule has 1 atom stereocenters. The molecule has 6 N–H and O–H groups in total. The molecule has 0 heterocycles. The fourth-order valence-corrected chi connectivity index (χ4v) is 1.57. The molecule has 10 heteroatoms. The Bertz CT molecular complexity index is 523. The van der Waals surface area contributed by atoms with Crippen molar-refractivity contribution in [3.05, 3.63) is 34.4 Å². The Balaban J connectivity index is 0.00000441. The molecular weight excluding hydrogens is 358 g/mol. The van der Waals surface area contributed by atoms with E-state index in [-0.39, 0.29) is 22.7 Å². The summed E-state index contributed by atoms with van der Waals surface area (Å²) in [5, 5.41) is 15.4. The molecule has 0 radical (unpaired) electrons. The number of nitro groups is 1. The summed E-state index contributed by atoms with van der Waals surface area (Å²) in [5.41, 5.74) is 11.0. The topological polar surface area (TPSA) is 153 Å². The number of hydrogen-bond donors (Lipinski definition) is 4. The number of non-ortho nitro benzene ring substituents is 1. The van der Waals surface area contributed by atoms with Crippen LogP contribution in [-0.4, -0.2) is 29.4 Å². The van der Waals surface area contributed by atoms with Crippen molar-refractivity contribution < 1.29 is 14.5 Å². The van der Waals surface area contributed by atoms with Gasteiger partial charge in [0.05, 0.1) is 11.0 Å². The Morgan fingerprint density at radius 1 is 1.27 bits per heavy atom. The lowest BCUT2D eigenvalue weighted by Gasteiger charge is -2.12. The third-order valence-corrected chi connectivity index (χ3v) is 2.67. The number of benzene rings is 1. The third kappa shape index (κ3) is 6.99. The minimum Gasteiger partial charge on any atom is -0.352 e. The van der Waals surface area contributed by atoms with Crippen LogP contribution in [0.4, 0.5) is 16.2 Å². The highest BCUT2D eigenvalue weighted by Crippen LogP contribution is 2.15. The van der Waals surface area contributed by atoms with Gasteiger partial charge in [0.15, 0.2) is 0 Å². The number of carbonyl (C=O) groups excluding carboxylic acids is 2. The smallest absolute Gasteiger partial charge is 0.312 e. The Kier molecular flexibility index (Phi) is 8.72. The summed E-state index contributed by atoms with van der Waals surface area (Å²) in [4.78, 5) is 32.2. The standard InChI is InChI=1S/C12H17N5O4.BrH/c13-10(2-1-7-15-12(14)19)11(18)16-8-3-5-9(6-4-8)17(20)21;/h3-6,10H,1-2,7,13H2,(H,16,18)(H3,14,15,19);1H/t10-;/m0./s1. The highest BCUT2D eigenvalue weighted by Gasteiger charge is 2.14. The van der Waals surface area contributed by atoms with Crippen LogP contribution in [0.3, 0.4) is 0 Å². The van der Waals surface area contributed by atoms with Crippen molar-refractivity contribution in [2.75, 3.05) is 11.9 Å². The van der Waals surface area contributed by atoms with E-state index in [9.17, 15) is 19.7 Å². The van der Waals surface area contributed by atoms with Crippen LogP contribution in [0, 0.1) is 10.1 Å². The molecule has 0 spiro atoms. The fraction of sp³-hybridized carbons (Fsp3) is 0.333. The van der Waals surface area contributed by atoms with Gasteiger partial charge in [0.1, 0.15) is 0 Å². The predicted octanol–water partition coefficient (Wildman–Crippen LogP) is 0.887. The number of nitrogens with two attached hydrogens (primary N) is 2. The molecule has 1 aromatic carbocycles. The van der Waals surface area contributed by atoms with Crippen molar-refractivity contribution in [1.82, 2.24) is 5.32 Å². The first-order valence-electron chi connectivity index (χ1n) is 6.24. The minimum absolute atomic E-state index is 0. The summed E-state index contributed by atoms with van der Waals surface area (Å²) in [6.45, 7) is 0.341. The van der Waals surface area contributed by atoms with Crippen LogP contribution >= 0.6 is 17.0 Å². The summed E-state index contributed by atoms with van der Waals surface area (Å²) >= 11 is 0. The average molecular weight is 376 g/mol. The number of nitrogens with one attached hydrogen (secondary N) is 2. The molecule has 0 fully saturated rings. The summed E-state index contributed by atoms with van der Waals surface area (Å²) in [6, 6.07) is 4.07. The van der Waals surface area contributed by atoms with Gasteiger partial charge in [0.25, 0.3) is 5.69 Å². The number of nitrogens with zero attached hydrogens (tertiary/aromatic N) is 1. The van der Waals surface area contributed by atoms with Crippen LogP contribution in [0.15, 0.2) is 24.3 Å². The van der Waals surface area contributed by atoms with Gasteiger partial charge in [0.2, 0.25) is 5.91 Å². The zero-order chi connectivity index (χ0) is 15.8. The van der Waals surface area contributed by atoms with E-state index >= 15 is 0 Å². The Morgan fingerprint density at radius 3 is 2.36 bits per heavy atom. The summed E-state index contributed by atoms with van der Waals surface area (Å²) < 4.78 is 0. The van der Waals surface area contributed by atoms with Gasteiger partial charge >= 0.3 is 6.03 Å². The van der Waals surface area contributed by atoms with Gasteiger partial charge in [-0.2, -0.15) is 0 Å². The molecular formula is C12H18BrN5O4. The number of nitro benzene ring substituents is 1. The normalized spacial score (nSPS) is 11.0. The number of carbonyl (C=O) groups is 2. The van der Waals surface area contributed by atoms with Crippen LogP contribution in [-0.2, 0) is 4.79 Å². The second kappa shape index (κ2) is 9.68. The van der Waals surface area contributed by atoms with Crippen LogP contribution in [0.1, 0.15) is 12.8 Å². The lowest BCUT2D eigenvalue weighted by Crippen LogP contribution is -2.37. The largest absolute Gasteiger partial charge is 0.352 e. The molecule has 9 nitrogen and oxygen atoms in total. The van der Waals surface area contributed by atoms with Crippen molar-refractivity contribution in [2.24, 2.45) is 11.5 Å². The van der Waals surface area contributed by atoms with Gasteiger partial charge in [-0.05, 0) is 25.0 Å². The van der Waals surface area contributed by atoms with Crippen molar-refractivity contribution in [1.29, 1.82) is 0 Å². The highest BCUT2D eigenvalue weighted by molar-refractivity contribution is 8.93. The van der Waals surface area contributed by atoms with Gasteiger partial charge in [-0.3, -0.25) is 14.9 Å². The number of halogens is 1. The molecule has 0 saturated heterocycles. The van der Waals surface area contributed by atoms with Crippen LogP contribution in [0.2, 0.25) is 0 Å². The number of anilines is 1. The molecule has 1 rings (SSSR count). The van der Waals surface area contributed by atoms with Gasteiger partial charge < -0.3 is 22.1 Å². The first kappa shape index (κ1) is 19.8. The Hall–Kier alpha value is -2.20. The number of amides is 3. The molecule has 3 amide bonds. The van der Waals surface area contributed by atoms with Gasteiger partial charge in [-0.25, -0.2) is 4.79 Å². The maximum absolute atomic E-state index is 11.8. The molecule has 0 bridgehead atoms. The molecule has 0 unspecified atom stereocenters. The number of primary amides is 1. The van der Waals surface area contributed by atoms with E-state index in [0.29, 0.717) is 25.1 Å². The SMILES string of the molecule is Br.NC(=O)NCCC[C@H](N)C(=O)Nc1ccc([N+](=O)[O-])cc1. The first-order valence-corrected chi connectivity index (χ1v) is 6.24. The van der Waals surface area contributed by atoms with E-state index in [1.165, 1.54) is 24.3 Å². The first-order chi connectivity index (χ1) is 9.90.